The fourth-order valence-electron chi connectivity index (χ4n) is 0. The van der Waals surface area contributed by atoms with E-state index in [0.717, 1.165) is 0 Å². The second-order valence-electron chi connectivity index (χ2n) is 1.80. The monoisotopic (exact) mass is 146 g/mol. The number of ketones is 1. The van der Waals surface area contributed by atoms with Gasteiger partial charge in [0.15, 0.2) is 0 Å². The molecule has 0 saturated heterocycles. The number of rotatable bonds is 2. The Morgan fingerprint density at radius 2 is 1.40 bits per heavy atom. The Bertz CT molecular complexity index is 93.4. The molecule has 0 unspecified atom stereocenters. The molecule has 0 saturated carbocycles. The van der Waals surface area contributed by atoms with Crippen LogP contribution >= 0.6 is 0 Å². The zero-order valence-corrected chi connectivity index (χ0v) is 6.68. The van der Waals surface area contributed by atoms with E-state index in [9.17, 15) is 9.59 Å². The zero-order valence-electron chi connectivity index (χ0n) is 6.68. The topological polar surface area (TPSA) is 54.4 Å². The third-order valence-corrected chi connectivity index (χ3v) is 0.800. The highest BCUT2D eigenvalue weighted by Gasteiger charge is 1.80. The van der Waals surface area contributed by atoms with Gasteiger partial charge in [0.1, 0.15) is 5.78 Å². The highest BCUT2D eigenvalue weighted by Crippen LogP contribution is 1.71. The van der Waals surface area contributed by atoms with Gasteiger partial charge in [-0.05, 0) is 6.92 Å². The Hall–Kier alpha value is -0.860. The van der Waals surface area contributed by atoms with E-state index in [1.54, 1.807) is 13.8 Å². The van der Waals surface area contributed by atoms with Crippen molar-refractivity contribution in [3.05, 3.63) is 0 Å². The molecule has 0 aliphatic carbocycles. The summed E-state index contributed by atoms with van der Waals surface area (Å²) in [4.78, 5) is 19.2. The number of carbonyl (C=O) groups is 2. The lowest BCUT2D eigenvalue weighted by Gasteiger charge is -1.71. The molecule has 1 N–H and O–H groups in total. The Morgan fingerprint density at radius 3 is 1.40 bits per heavy atom. The van der Waals surface area contributed by atoms with Crippen LogP contribution in [0.25, 0.3) is 0 Å². The van der Waals surface area contributed by atoms with E-state index >= 15 is 0 Å². The van der Waals surface area contributed by atoms with Gasteiger partial charge < -0.3 is 9.90 Å². The maximum Gasteiger partial charge on any atom is 0.303 e. The van der Waals surface area contributed by atoms with Crippen LogP contribution in [0.5, 0.6) is 0 Å². The highest BCUT2D eigenvalue weighted by atomic mass is 16.4. The Labute approximate surface area is 61.1 Å². The van der Waals surface area contributed by atoms with Crippen molar-refractivity contribution in [1.29, 1.82) is 0 Å². The fraction of sp³-hybridized carbons (Fsp3) is 0.714. The van der Waals surface area contributed by atoms with Gasteiger partial charge in [-0.2, -0.15) is 0 Å². The van der Waals surface area contributed by atoms with Crippen LogP contribution in [0.1, 0.15) is 33.6 Å². The van der Waals surface area contributed by atoms with E-state index in [1.807, 2.05) is 6.92 Å². The first kappa shape index (κ1) is 11.9. The summed E-state index contributed by atoms with van der Waals surface area (Å²) in [6.45, 7) is 5.03. The molecule has 0 fully saturated rings. The Kier molecular flexibility index (Phi) is 9.67. The normalized spacial score (nSPS) is 7.50. The minimum atomic E-state index is -0.745. The lowest BCUT2D eigenvalue weighted by atomic mass is 10.4. The summed E-state index contributed by atoms with van der Waals surface area (Å²) in [6, 6.07) is 0. The van der Waals surface area contributed by atoms with Gasteiger partial charge in [-0.3, -0.25) is 4.79 Å². The van der Waals surface area contributed by atoms with Crippen LogP contribution < -0.4 is 0 Å². The molecule has 0 aromatic rings. The number of carboxylic acid groups (broad SMARTS) is 1. The maximum atomic E-state index is 9.81. The first-order chi connectivity index (χ1) is 4.54. The van der Waals surface area contributed by atoms with Gasteiger partial charge in [-0.25, -0.2) is 0 Å². The van der Waals surface area contributed by atoms with Crippen LogP contribution in [-0.4, -0.2) is 16.9 Å². The molecule has 0 radical (unpaired) electrons. The van der Waals surface area contributed by atoms with Gasteiger partial charge >= 0.3 is 5.97 Å². The quantitative estimate of drug-likeness (QED) is 0.641. The van der Waals surface area contributed by atoms with E-state index in [-0.39, 0.29) is 12.2 Å². The summed E-state index contributed by atoms with van der Waals surface area (Å²) in [6.07, 6.45) is 0.889. The highest BCUT2D eigenvalue weighted by molar-refractivity contribution is 5.74. The number of aliphatic carboxylic acids is 1. The number of carboxylic acids is 1. The molecule has 0 aromatic carbocycles. The van der Waals surface area contributed by atoms with Gasteiger partial charge in [-0.1, -0.05) is 13.8 Å². The standard InChI is InChI=1S/C4H8O.C3H6O2/c1-3-4(2)5;1-2-3(4)5/h3H2,1-2H3;2H2,1H3,(H,4,5). The van der Waals surface area contributed by atoms with E-state index in [1.165, 1.54) is 0 Å². The third kappa shape index (κ3) is 27.3. The molecule has 0 atom stereocenters. The molecule has 0 amide bonds. The average molecular weight is 146 g/mol. The van der Waals surface area contributed by atoms with Crippen LogP contribution in [0.15, 0.2) is 0 Å². The molecule has 0 aromatic heterocycles. The molecule has 0 spiro atoms. The lowest BCUT2D eigenvalue weighted by Crippen LogP contribution is -1.86. The predicted octanol–water partition coefficient (Wildman–Crippen LogP) is 1.47. The third-order valence-electron chi connectivity index (χ3n) is 0.800. The molecular formula is C7H14O3. The molecule has 10 heavy (non-hydrogen) atoms. The molecule has 0 rings (SSSR count). The predicted molar refractivity (Wildman–Crippen MR) is 38.9 cm³/mol. The second kappa shape index (κ2) is 8.14. The Morgan fingerprint density at radius 1 is 1.20 bits per heavy atom. The van der Waals surface area contributed by atoms with Crippen LogP contribution in [0, 0.1) is 0 Å². The van der Waals surface area contributed by atoms with Crippen molar-refractivity contribution < 1.29 is 14.7 Å². The van der Waals surface area contributed by atoms with Crippen molar-refractivity contribution in [2.45, 2.75) is 33.6 Å². The Balaban J connectivity index is 0. The smallest absolute Gasteiger partial charge is 0.303 e. The van der Waals surface area contributed by atoms with Gasteiger partial charge in [-0.15, -0.1) is 0 Å². The van der Waals surface area contributed by atoms with Crippen LogP contribution in [-0.2, 0) is 9.59 Å². The molecule has 60 valence electrons. The van der Waals surface area contributed by atoms with E-state index in [4.69, 9.17) is 5.11 Å². The first-order valence-electron chi connectivity index (χ1n) is 3.25. The van der Waals surface area contributed by atoms with Crippen molar-refractivity contribution >= 4 is 11.8 Å². The zero-order chi connectivity index (χ0) is 8.57. The summed E-state index contributed by atoms with van der Waals surface area (Å²) >= 11 is 0. The summed E-state index contributed by atoms with van der Waals surface area (Å²) in [5.74, 6) is -0.491. The SMILES string of the molecule is CCC(=O)O.CCC(C)=O. The van der Waals surface area contributed by atoms with E-state index in [0.29, 0.717) is 6.42 Å². The van der Waals surface area contributed by atoms with Crippen molar-refractivity contribution in [3.63, 3.8) is 0 Å². The van der Waals surface area contributed by atoms with Gasteiger partial charge in [0, 0.05) is 12.8 Å². The molecule has 0 heterocycles. The molecule has 0 aliphatic rings. The van der Waals surface area contributed by atoms with Crippen LogP contribution in [0.3, 0.4) is 0 Å². The number of carbonyl (C=O) groups excluding carboxylic acids is 1. The second-order valence-corrected chi connectivity index (χ2v) is 1.80. The average Bonchev–Trinajstić information content (AvgIpc) is 1.89. The summed E-state index contributed by atoms with van der Waals surface area (Å²) in [7, 11) is 0. The van der Waals surface area contributed by atoms with E-state index < -0.39 is 5.97 Å². The lowest BCUT2D eigenvalue weighted by molar-refractivity contribution is -0.136. The summed E-state index contributed by atoms with van der Waals surface area (Å²) in [5, 5.41) is 7.72. The maximum absolute atomic E-state index is 9.81. The molecule has 3 nitrogen and oxygen atoms in total. The number of Topliss-reactive ketones (excluding diaryl/α,β-unsaturated/α-hetero) is 1. The number of hydrogen-bond donors (Lipinski definition) is 1. The molecule has 0 bridgehead atoms. The molecule has 3 heteroatoms. The largest absolute Gasteiger partial charge is 0.481 e. The van der Waals surface area contributed by atoms with E-state index in [2.05, 4.69) is 0 Å². The van der Waals surface area contributed by atoms with Crippen LogP contribution in [0.2, 0.25) is 0 Å². The van der Waals surface area contributed by atoms with Crippen molar-refractivity contribution in [2.24, 2.45) is 0 Å². The molecular weight excluding hydrogens is 132 g/mol. The van der Waals surface area contributed by atoms with Crippen molar-refractivity contribution in [1.82, 2.24) is 0 Å². The molecule has 0 aliphatic heterocycles. The fourth-order valence-corrected chi connectivity index (χ4v) is 0. The van der Waals surface area contributed by atoms with Gasteiger partial charge in [0.05, 0.1) is 0 Å². The van der Waals surface area contributed by atoms with Gasteiger partial charge in [0.2, 0.25) is 0 Å². The van der Waals surface area contributed by atoms with Crippen molar-refractivity contribution in [3.8, 4) is 0 Å². The minimum absolute atomic E-state index is 0.222. The first-order valence-corrected chi connectivity index (χ1v) is 3.25. The summed E-state index contributed by atoms with van der Waals surface area (Å²) < 4.78 is 0. The summed E-state index contributed by atoms with van der Waals surface area (Å²) in [5.41, 5.74) is 0. The van der Waals surface area contributed by atoms with Crippen LogP contribution in [0.4, 0.5) is 0 Å². The van der Waals surface area contributed by atoms with Crippen molar-refractivity contribution in [2.75, 3.05) is 0 Å². The minimum Gasteiger partial charge on any atom is -0.481 e. The number of hydrogen-bond acceptors (Lipinski definition) is 2. The van der Waals surface area contributed by atoms with Gasteiger partial charge in [0.25, 0.3) is 0 Å².